The molecule has 2 fully saturated rings. The second-order valence-electron chi connectivity index (χ2n) is 6.66. The molecule has 2 saturated heterocycles. The van der Waals surface area contributed by atoms with E-state index in [1.54, 1.807) is 0 Å². The van der Waals surface area contributed by atoms with E-state index in [0.29, 0.717) is 30.7 Å². The van der Waals surface area contributed by atoms with Crippen LogP contribution in [0.3, 0.4) is 0 Å². The molecule has 0 aliphatic carbocycles. The van der Waals surface area contributed by atoms with Gasteiger partial charge in [-0.05, 0) is 12.8 Å². The molecule has 1 N–H and O–H groups in total. The van der Waals surface area contributed by atoms with Gasteiger partial charge in [-0.2, -0.15) is 8.42 Å². The van der Waals surface area contributed by atoms with Crippen LogP contribution in [0, 0.1) is 0 Å². The molecule has 14 heteroatoms. The van der Waals surface area contributed by atoms with Crippen molar-refractivity contribution >= 4 is 45.7 Å². The third-order valence-corrected chi connectivity index (χ3v) is 5.41. The number of carbonyl (C=O) groups is 6. The first-order valence-corrected chi connectivity index (χ1v) is 10.6. The van der Waals surface area contributed by atoms with Crippen molar-refractivity contribution < 1.29 is 51.4 Å². The highest BCUT2D eigenvalue weighted by Gasteiger charge is 2.48. The van der Waals surface area contributed by atoms with Crippen LogP contribution in [0.25, 0.3) is 0 Å². The van der Waals surface area contributed by atoms with Crippen LogP contribution in [0.2, 0.25) is 0 Å². The van der Waals surface area contributed by atoms with Gasteiger partial charge in [0.15, 0.2) is 5.25 Å². The van der Waals surface area contributed by atoms with Crippen molar-refractivity contribution in [2.75, 3.05) is 0 Å². The minimum Gasteiger partial charge on any atom is -0.330 e. The van der Waals surface area contributed by atoms with Crippen LogP contribution in [0.5, 0.6) is 0 Å². The normalized spacial score (nSPS) is 19.6. The van der Waals surface area contributed by atoms with E-state index in [1.165, 1.54) is 0 Å². The molecule has 0 aromatic rings. The van der Waals surface area contributed by atoms with Gasteiger partial charge in [0, 0.05) is 25.7 Å². The summed E-state index contributed by atoms with van der Waals surface area (Å²) in [6.07, 6.45) is 0.675. The summed E-state index contributed by atoms with van der Waals surface area (Å²) in [4.78, 5) is 78.6. The summed E-state index contributed by atoms with van der Waals surface area (Å²) in [5.41, 5.74) is 0. The maximum atomic E-state index is 11.7. The fourth-order valence-electron chi connectivity index (χ4n) is 2.76. The first-order chi connectivity index (χ1) is 14.0. The van der Waals surface area contributed by atoms with Crippen LogP contribution >= 0.6 is 0 Å². The Morgan fingerprint density at radius 2 is 1.30 bits per heavy atom. The highest BCUT2D eigenvalue weighted by atomic mass is 32.2. The average molecular weight is 448 g/mol. The lowest BCUT2D eigenvalue weighted by Gasteiger charge is -2.13. The number of hydrogen-bond acceptors (Lipinski definition) is 10. The largest absolute Gasteiger partial charge is 0.333 e. The predicted octanol–water partition coefficient (Wildman–Crippen LogP) is -0.592. The Labute approximate surface area is 170 Å². The standard InChI is InChI=1S/C16H20N2O11S/c19-11-7-8-12(20)17(11)28-14(22)5-3-1-2-4-6-15(23)29-18-13(21)9-10(16(18)24)30(25,26)27/h10H,1-9H2,(H,25,26,27). The molecule has 4 amide bonds. The van der Waals surface area contributed by atoms with E-state index < -0.39 is 57.4 Å². The molecular weight excluding hydrogens is 428 g/mol. The first kappa shape index (κ1) is 23.4. The molecule has 0 spiro atoms. The van der Waals surface area contributed by atoms with Crippen LogP contribution < -0.4 is 0 Å². The Kier molecular flexibility index (Phi) is 7.61. The van der Waals surface area contributed by atoms with E-state index >= 15 is 0 Å². The number of amides is 4. The molecular formula is C16H20N2O11S. The SMILES string of the molecule is O=C(CCCCCCC(=O)ON1C(=O)CC(S(=O)(=O)O)C1=O)ON1C(=O)CCC1=O. The molecule has 30 heavy (non-hydrogen) atoms. The number of hydroxylamine groups is 4. The number of hydrogen-bond donors (Lipinski definition) is 1. The average Bonchev–Trinajstić information content (AvgIpc) is 3.12. The summed E-state index contributed by atoms with van der Waals surface area (Å²) in [6.45, 7) is 0. The number of carbonyl (C=O) groups excluding carboxylic acids is 6. The van der Waals surface area contributed by atoms with Crippen molar-refractivity contribution in [2.45, 2.75) is 63.0 Å². The monoisotopic (exact) mass is 448 g/mol. The second kappa shape index (κ2) is 9.75. The number of unbranched alkanes of at least 4 members (excludes halogenated alkanes) is 3. The molecule has 13 nitrogen and oxygen atoms in total. The zero-order valence-corrected chi connectivity index (χ0v) is 16.6. The fourth-order valence-corrected chi connectivity index (χ4v) is 3.46. The molecule has 1 atom stereocenters. The summed E-state index contributed by atoms with van der Waals surface area (Å²) >= 11 is 0. The maximum absolute atomic E-state index is 11.7. The Morgan fingerprint density at radius 1 is 0.833 bits per heavy atom. The maximum Gasteiger partial charge on any atom is 0.333 e. The Hall–Kier alpha value is -2.87. The van der Waals surface area contributed by atoms with E-state index in [-0.39, 0.29) is 30.7 Å². The van der Waals surface area contributed by atoms with Crippen LogP contribution in [-0.4, -0.2) is 63.9 Å². The summed E-state index contributed by atoms with van der Waals surface area (Å²) in [7, 11) is -4.78. The van der Waals surface area contributed by atoms with Gasteiger partial charge >= 0.3 is 11.9 Å². The Bertz CT molecular complexity index is 850. The minimum absolute atomic E-state index is 0.00725. The molecule has 2 aliphatic heterocycles. The van der Waals surface area contributed by atoms with Gasteiger partial charge in [-0.15, -0.1) is 10.1 Å². The van der Waals surface area contributed by atoms with Gasteiger partial charge in [0.1, 0.15) is 0 Å². The topological polar surface area (TPSA) is 182 Å². The quantitative estimate of drug-likeness (QED) is 0.256. The van der Waals surface area contributed by atoms with Gasteiger partial charge in [0.05, 0.1) is 6.42 Å². The number of imide groups is 2. The van der Waals surface area contributed by atoms with Gasteiger partial charge < -0.3 is 9.68 Å². The highest BCUT2D eigenvalue weighted by molar-refractivity contribution is 7.87. The van der Waals surface area contributed by atoms with E-state index in [9.17, 15) is 37.2 Å². The highest BCUT2D eigenvalue weighted by Crippen LogP contribution is 2.20. The van der Waals surface area contributed by atoms with Gasteiger partial charge in [-0.1, -0.05) is 12.8 Å². The molecule has 0 aromatic heterocycles. The van der Waals surface area contributed by atoms with Crippen molar-refractivity contribution in [3.05, 3.63) is 0 Å². The second-order valence-corrected chi connectivity index (χ2v) is 8.26. The van der Waals surface area contributed by atoms with Crippen molar-refractivity contribution in [1.82, 2.24) is 10.1 Å². The lowest BCUT2D eigenvalue weighted by atomic mass is 10.1. The van der Waals surface area contributed by atoms with Crippen LogP contribution in [0.1, 0.15) is 57.8 Å². The molecule has 0 radical (unpaired) electrons. The first-order valence-electron chi connectivity index (χ1n) is 9.11. The van der Waals surface area contributed by atoms with E-state index in [4.69, 9.17) is 9.39 Å². The third-order valence-electron chi connectivity index (χ3n) is 4.33. The third kappa shape index (κ3) is 6.06. The molecule has 2 aliphatic rings. The fraction of sp³-hybridized carbons (Fsp3) is 0.625. The van der Waals surface area contributed by atoms with Crippen LogP contribution in [0.4, 0.5) is 0 Å². The van der Waals surface area contributed by atoms with Crippen molar-refractivity contribution in [3.63, 3.8) is 0 Å². The molecule has 0 saturated carbocycles. The summed E-state index contributed by atoms with van der Waals surface area (Å²) in [5, 5.41) is -1.48. The van der Waals surface area contributed by atoms with Crippen molar-refractivity contribution in [1.29, 1.82) is 0 Å². The molecule has 1 unspecified atom stereocenters. The summed E-state index contributed by atoms with van der Waals surface area (Å²) < 4.78 is 30.9. The summed E-state index contributed by atoms with van der Waals surface area (Å²) in [5.74, 6) is -5.17. The lowest BCUT2D eigenvalue weighted by Crippen LogP contribution is -2.36. The molecule has 2 heterocycles. The molecule has 166 valence electrons. The summed E-state index contributed by atoms with van der Waals surface area (Å²) in [6, 6.07) is 0. The molecule has 0 aromatic carbocycles. The predicted molar refractivity (Wildman–Crippen MR) is 92.8 cm³/mol. The zero-order valence-electron chi connectivity index (χ0n) is 15.8. The molecule has 0 bridgehead atoms. The molecule has 2 rings (SSSR count). The van der Waals surface area contributed by atoms with Crippen LogP contribution in [0.15, 0.2) is 0 Å². The Morgan fingerprint density at radius 3 is 1.73 bits per heavy atom. The number of nitrogens with zero attached hydrogens (tertiary/aromatic N) is 2. The van der Waals surface area contributed by atoms with Crippen molar-refractivity contribution in [3.8, 4) is 0 Å². The minimum atomic E-state index is -4.78. The van der Waals surface area contributed by atoms with Gasteiger partial charge in [0.25, 0.3) is 33.7 Å². The van der Waals surface area contributed by atoms with E-state index in [1.807, 2.05) is 0 Å². The zero-order chi connectivity index (χ0) is 22.5. The van der Waals surface area contributed by atoms with E-state index in [2.05, 4.69) is 4.84 Å². The number of rotatable bonds is 10. The van der Waals surface area contributed by atoms with Gasteiger partial charge in [0.2, 0.25) is 0 Å². The lowest BCUT2D eigenvalue weighted by molar-refractivity contribution is -0.197. The smallest absolute Gasteiger partial charge is 0.330 e. The Balaban J connectivity index is 1.61. The van der Waals surface area contributed by atoms with Gasteiger partial charge in [-0.25, -0.2) is 9.59 Å². The van der Waals surface area contributed by atoms with E-state index in [0.717, 1.165) is 0 Å². The van der Waals surface area contributed by atoms with Crippen molar-refractivity contribution in [2.24, 2.45) is 0 Å². The van der Waals surface area contributed by atoms with Gasteiger partial charge in [-0.3, -0.25) is 23.7 Å². The van der Waals surface area contributed by atoms with Crippen LogP contribution in [-0.2, 0) is 48.6 Å².